The number of likely N-dealkylation sites (tertiary alicyclic amines) is 2. The lowest BCUT2D eigenvalue weighted by atomic mass is 9.79. The minimum absolute atomic E-state index is 0.152. The molecular formula is C20H27FN4. The molecule has 1 spiro atoms. The van der Waals surface area contributed by atoms with Crippen LogP contribution in [0.2, 0.25) is 0 Å². The van der Waals surface area contributed by atoms with Crippen LogP contribution in [-0.4, -0.2) is 45.8 Å². The van der Waals surface area contributed by atoms with Crippen molar-refractivity contribution in [1.82, 2.24) is 19.6 Å². The first-order chi connectivity index (χ1) is 12.1. The molecule has 0 saturated carbocycles. The first-order valence-electron chi connectivity index (χ1n) is 9.27. The van der Waals surface area contributed by atoms with Gasteiger partial charge in [-0.05, 0) is 55.5 Å². The van der Waals surface area contributed by atoms with Gasteiger partial charge in [-0.25, -0.2) is 4.39 Å². The topological polar surface area (TPSA) is 24.3 Å². The van der Waals surface area contributed by atoms with Crippen molar-refractivity contribution in [3.05, 3.63) is 53.6 Å². The van der Waals surface area contributed by atoms with E-state index in [-0.39, 0.29) is 5.82 Å². The van der Waals surface area contributed by atoms with Crippen molar-refractivity contribution in [2.24, 2.45) is 12.5 Å². The van der Waals surface area contributed by atoms with Gasteiger partial charge in [0.05, 0.1) is 6.20 Å². The van der Waals surface area contributed by atoms with Gasteiger partial charge in [-0.3, -0.25) is 14.5 Å². The van der Waals surface area contributed by atoms with Crippen LogP contribution in [0.4, 0.5) is 4.39 Å². The van der Waals surface area contributed by atoms with Gasteiger partial charge < -0.3 is 0 Å². The minimum atomic E-state index is -0.152. The van der Waals surface area contributed by atoms with E-state index in [4.69, 9.17) is 0 Å². The lowest BCUT2D eigenvalue weighted by molar-refractivity contribution is 0.0866. The standard InChI is InChI=1S/C20H27FN4/c1-23-12-18(11-22-23)14-25-10-8-20(16-25)7-2-9-24(15-20)13-17-3-5-19(21)6-4-17/h3-6,11-12H,2,7-10,13-16H2,1H3. The van der Waals surface area contributed by atoms with Crippen LogP contribution in [-0.2, 0) is 20.1 Å². The highest BCUT2D eigenvalue weighted by Gasteiger charge is 2.41. The van der Waals surface area contributed by atoms with Crippen LogP contribution in [0.25, 0.3) is 0 Å². The minimum Gasteiger partial charge on any atom is -0.298 e. The van der Waals surface area contributed by atoms with Gasteiger partial charge in [0.15, 0.2) is 0 Å². The zero-order chi connectivity index (χ0) is 17.3. The van der Waals surface area contributed by atoms with Crippen molar-refractivity contribution >= 4 is 0 Å². The maximum Gasteiger partial charge on any atom is 0.123 e. The van der Waals surface area contributed by atoms with Crippen LogP contribution >= 0.6 is 0 Å². The lowest BCUT2D eigenvalue weighted by Crippen LogP contribution is -2.44. The van der Waals surface area contributed by atoms with Crippen molar-refractivity contribution < 1.29 is 4.39 Å². The molecule has 1 atom stereocenters. The third-order valence-corrected chi connectivity index (χ3v) is 5.74. The maximum atomic E-state index is 13.1. The SMILES string of the molecule is Cn1cc(CN2CCC3(CCCN(Cc4ccc(F)cc4)C3)C2)cn1. The summed E-state index contributed by atoms with van der Waals surface area (Å²) in [5, 5.41) is 4.28. The first-order valence-corrected chi connectivity index (χ1v) is 9.27. The molecule has 1 unspecified atom stereocenters. The fourth-order valence-corrected chi connectivity index (χ4v) is 4.60. The molecule has 1 aromatic carbocycles. The summed E-state index contributed by atoms with van der Waals surface area (Å²) in [7, 11) is 1.98. The molecule has 5 heteroatoms. The molecule has 134 valence electrons. The number of nitrogens with zero attached hydrogens (tertiary/aromatic N) is 4. The van der Waals surface area contributed by atoms with Crippen LogP contribution < -0.4 is 0 Å². The van der Waals surface area contributed by atoms with E-state index in [1.165, 1.54) is 43.5 Å². The molecule has 0 radical (unpaired) electrons. The predicted molar refractivity (Wildman–Crippen MR) is 96.4 cm³/mol. The molecule has 1 aromatic heterocycles. The van der Waals surface area contributed by atoms with Crippen molar-refractivity contribution in [2.75, 3.05) is 26.2 Å². The van der Waals surface area contributed by atoms with Crippen molar-refractivity contribution in [2.45, 2.75) is 32.4 Å². The van der Waals surface area contributed by atoms with E-state index in [0.29, 0.717) is 5.41 Å². The molecule has 4 nitrogen and oxygen atoms in total. The number of piperidine rings is 1. The fraction of sp³-hybridized carbons (Fsp3) is 0.550. The monoisotopic (exact) mass is 342 g/mol. The quantitative estimate of drug-likeness (QED) is 0.853. The van der Waals surface area contributed by atoms with Gasteiger partial charge in [0, 0.05) is 45.0 Å². The van der Waals surface area contributed by atoms with Crippen molar-refractivity contribution in [3.8, 4) is 0 Å². The average Bonchev–Trinajstić information content (AvgIpc) is 3.17. The molecule has 3 heterocycles. The van der Waals surface area contributed by atoms with Gasteiger partial charge in [0.25, 0.3) is 0 Å². The lowest BCUT2D eigenvalue weighted by Gasteiger charge is -2.40. The summed E-state index contributed by atoms with van der Waals surface area (Å²) in [4.78, 5) is 5.14. The Morgan fingerprint density at radius 1 is 1.00 bits per heavy atom. The zero-order valence-electron chi connectivity index (χ0n) is 15.0. The second kappa shape index (κ2) is 6.89. The Labute approximate surface area is 149 Å². The molecule has 0 aliphatic carbocycles. The second-order valence-corrected chi connectivity index (χ2v) is 7.92. The fourth-order valence-electron chi connectivity index (χ4n) is 4.60. The summed E-state index contributed by atoms with van der Waals surface area (Å²) >= 11 is 0. The van der Waals surface area contributed by atoms with E-state index in [1.54, 1.807) is 12.1 Å². The van der Waals surface area contributed by atoms with Crippen LogP contribution in [0.15, 0.2) is 36.7 Å². The number of rotatable bonds is 4. The molecular weight excluding hydrogens is 315 g/mol. The van der Waals surface area contributed by atoms with Gasteiger partial charge in [0.1, 0.15) is 5.82 Å². The Hall–Kier alpha value is -1.72. The van der Waals surface area contributed by atoms with Crippen LogP contribution in [0, 0.1) is 11.2 Å². The highest BCUT2D eigenvalue weighted by molar-refractivity contribution is 5.16. The summed E-state index contributed by atoms with van der Waals surface area (Å²) in [6.45, 7) is 6.62. The molecule has 4 rings (SSSR count). The molecule has 25 heavy (non-hydrogen) atoms. The van der Waals surface area contributed by atoms with Crippen molar-refractivity contribution in [1.29, 1.82) is 0 Å². The number of aryl methyl sites for hydroxylation is 1. The average molecular weight is 342 g/mol. The van der Waals surface area contributed by atoms with Gasteiger partial charge >= 0.3 is 0 Å². The number of benzene rings is 1. The van der Waals surface area contributed by atoms with Gasteiger partial charge in [-0.1, -0.05) is 12.1 Å². The Kier molecular flexibility index (Phi) is 4.61. The first kappa shape index (κ1) is 16.7. The van der Waals surface area contributed by atoms with E-state index in [9.17, 15) is 4.39 Å². The Morgan fingerprint density at radius 2 is 1.72 bits per heavy atom. The van der Waals surface area contributed by atoms with Gasteiger partial charge in [-0.15, -0.1) is 0 Å². The number of aromatic nitrogens is 2. The van der Waals surface area contributed by atoms with E-state index < -0.39 is 0 Å². The number of halogens is 1. The summed E-state index contributed by atoms with van der Waals surface area (Å²) in [6, 6.07) is 6.97. The third-order valence-electron chi connectivity index (χ3n) is 5.74. The van der Waals surface area contributed by atoms with E-state index >= 15 is 0 Å². The Balaban J connectivity index is 1.36. The molecule has 0 N–H and O–H groups in total. The third kappa shape index (κ3) is 3.93. The zero-order valence-corrected chi connectivity index (χ0v) is 15.0. The summed E-state index contributed by atoms with van der Waals surface area (Å²) in [5.74, 6) is -0.152. The normalized spacial score (nSPS) is 25.0. The highest BCUT2D eigenvalue weighted by Crippen LogP contribution is 2.39. The van der Waals surface area contributed by atoms with Crippen LogP contribution in [0.5, 0.6) is 0 Å². The maximum absolute atomic E-state index is 13.1. The molecule has 0 amide bonds. The molecule has 2 aliphatic rings. The summed E-state index contributed by atoms with van der Waals surface area (Å²) < 4.78 is 15.0. The van der Waals surface area contributed by atoms with Crippen LogP contribution in [0.3, 0.4) is 0 Å². The summed E-state index contributed by atoms with van der Waals surface area (Å²) in [6.07, 6.45) is 7.98. The van der Waals surface area contributed by atoms with Crippen LogP contribution in [0.1, 0.15) is 30.4 Å². The van der Waals surface area contributed by atoms with Gasteiger partial charge in [0.2, 0.25) is 0 Å². The second-order valence-electron chi connectivity index (χ2n) is 7.92. The van der Waals surface area contributed by atoms with E-state index in [2.05, 4.69) is 21.1 Å². The highest BCUT2D eigenvalue weighted by atomic mass is 19.1. The van der Waals surface area contributed by atoms with E-state index in [0.717, 1.165) is 26.2 Å². The van der Waals surface area contributed by atoms with E-state index in [1.807, 2.05) is 30.1 Å². The molecule has 2 saturated heterocycles. The molecule has 0 bridgehead atoms. The molecule has 2 fully saturated rings. The number of hydrogen-bond donors (Lipinski definition) is 0. The molecule has 2 aromatic rings. The predicted octanol–water partition coefficient (Wildman–Crippen LogP) is 3.05. The summed E-state index contributed by atoms with van der Waals surface area (Å²) in [5.41, 5.74) is 2.95. The largest absolute Gasteiger partial charge is 0.298 e. The Morgan fingerprint density at radius 3 is 2.44 bits per heavy atom. The number of hydrogen-bond acceptors (Lipinski definition) is 3. The Bertz CT molecular complexity index is 711. The van der Waals surface area contributed by atoms with Gasteiger partial charge in [-0.2, -0.15) is 5.10 Å². The van der Waals surface area contributed by atoms with Crippen molar-refractivity contribution in [3.63, 3.8) is 0 Å². The molecule has 2 aliphatic heterocycles. The smallest absolute Gasteiger partial charge is 0.123 e.